The van der Waals surface area contributed by atoms with Gasteiger partial charge in [0.05, 0.1) is 22.0 Å². The molecule has 0 unspecified atom stereocenters. The van der Waals surface area contributed by atoms with Crippen LogP contribution in [0.25, 0.3) is 32.6 Å². The lowest BCUT2D eigenvalue weighted by Gasteiger charge is -2.15. The van der Waals surface area contributed by atoms with Crippen molar-refractivity contribution in [3.8, 4) is 22.4 Å². The van der Waals surface area contributed by atoms with E-state index < -0.39 is 6.10 Å². The highest BCUT2D eigenvalue weighted by molar-refractivity contribution is 7.22. The molecule has 1 atom stereocenters. The molecule has 1 aromatic carbocycles. The normalized spacial score (nSPS) is 15.1. The van der Waals surface area contributed by atoms with Gasteiger partial charge in [-0.2, -0.15) is 0 Å². The van der Waals surface area contributed by atoms with E-state index in [1.807, 2.05) is 44.3 Å². The molecule has 1 saturated heterocycles. The molecule has 0 bridgehead atoms. The molecule has 1 aliphatic heterocycles. The van der Waals surface area contributed by atoms with Crippen LogP contribution >= 0.6 is 11.3 Å². The van der Waals surface area contributed by atoms with Gasteiger partial charge in [-0.05, 0) is 49.6 Å². The van der Waals surface area contributed by atoms with Crippen molar-refractivity contribution >= 4 is 44.7 Å². The van der Waals surface area contributed by atoms with E-state index in [9.17, 15) is 14.7 Å². The largest absolute Gasteiger partial charge is 0.391 e. The Kier molecular flexibility index (Phi) is 6.93. The number of aliphatic hydroxyl groups excluding tert-OH is 1. The lowest BCUT2D eigenvalue weighted by atomic mass is 10.0. The predicted molar refractivity (Wildman–Crippen MR) is 143 cm³/mol. The number of urea groups is 2. The van der Waals surface area contributed by atoms with E-state index >= 15 is 0 Å². The Balaban J connectivity index is 1.46. The van der Waals surface area contributed by atoms with Gasteiger partial charge in [0, 0.05) is 49.4 Å². The monoisotopic (exact) mass is 518 g/mol. The van der Waals surface area contributed by atoms with Crippen molar-refractivity contribution in [3.63, 3.8) is 0 Å². The quantitative estimate of drug-likeness (QED) is 0.314. The van der Waals surface area contributed by atoms with Crippen molar-refractivity contribution in [2.75, 3.05) is 30.3 Å². The van der Waals surface area contributed by atoms with Gasteiger partial charge in [0.1, 0.15) is 0 Å². The molecule has 0 radical (unpaired) electrons. The van der Waals surface area contributed by atoms with Crippen LogP contribution in [-0.2, 0) is 0 Å². The first-order valence-corrected chi connectivity index (χ1v) is 12.7. The van der Waals surface area contributed by atoms with Gasteiger partial charge in [-0.15, -0.1) is 0 Å². The summed E-state index contributed by atoms with van der Waals surface area (Å²) in [4.78, 5) is 43.8. The molecule has 4 heterocycles. The third-order valence-electron chi connectivity index (χ3n) is 5.89. The number of aromatic nitrogens is 4. The van der Waals surface area contributed by atoms with E-state index in [-0.39, 0.29) is 18.0 Å². The number of β-amino-alcohol motifs (C(OH)–C–C–N with tert-alkyl or cyclic N) is 1. The van der Waals surface area contributed by atoms with Gasteiger partial charge in [-0.25, -0.2) is 24.5 Å². The van der Waals surface area contributed by atoms with E-state index in [1.54, 1.807) is 12.4 Å². The fourth-order valence-electron chi connectivity index (χ4n) is 4.01. The molecule has 5 rings (SSSR count). The number of rotatable bonds is 5. The molecule has 190 valence electrons. The van der Waals surface area contributed by atoms with Crippen LogP contribution in [0.5, 0.6) is 0 Å². The van der Waals surface area contributed by atoms with E-state index in [1.165, 1.54) is 16.2 Å². The molecule has 0 saturated carbocycles. The molecule has 0 aliphatic carbocycles. The first-order valence-electron chi connectivity index (χ1n) is 11.9. The Labute approximate surface area is 217 Å². The molecule has 4 aromatic rings. The average molecular weight is 519 g/mol. The first-order chi connectivity index (χ1) is 17.9. The molecule has 4 amide bonds. The lowest BCUT2D eigenvalue weighted by Crippen LogP contribution is -2.34. The summed E-state index contributed by atoms with van der Waals surface area (Å²) in [5.41, 5.74) is 4.96. The minimum atomic E-state index is -0.497. The Hall–Kier alpha value is -4.16. The second-order valence-corrected chi connectivity index (χ2v) is 9.71. The maximum atomic E-state index is 12.4. The van der Waals surface area contributed by atoms with Gasteiger partial charge in [0.15, 0.2) is 5.13 Å². The molecular weight excluding hydrogens is 492 g/mol. The molecule has 1 fully saturated rings. The molecule has 3 aromatic heterocycles. The van der Waals surface area contributed by atoms with Crippen molar-refractivity contribution in [2.45, 2.75) is 26.4 Å². The van der Waals surface area contributed by atoms with Gasteiger partial charge < -0.3 is 15.3 Å². The van der Waals surface area contributed by atoms with Crippen molar-refractivity contribution in [2.24, 2.45) is 0 Å². The number of aryl methyl sites for hydroxylation is 1. The SMILES string of the molecule is CCNC(=O)Nc1nc2cc(-c3cnc(NC(=O)N4CC[C@@H](O)C4)nc3)cc(-c3ccc(C)cn3)c2s1. The number of aliphatic hydroxyl groups is 1. The second kappa shape index (κ2) is 10.4. The van der Waals surface area contributed by atoms with Crippen LogP contribution in [0.2, 0.25) is 0 Å². The summed E-state index contributed by atoms with van der Waals surface area (Å²) in [6, 6.07) is 7.20. The molecular formula is C25H26N8O3S. The highest BCUT2D eigenvalue weighted by atomic mass is 32.1. The standard InChI is InChI=1S/C25H26N8O3S/c1-3-26-23(35)32-24-30-20-9-15(8-18(21(20)37-24)19-5-4-14(2)10-27-19)16-11-28-22(29-12-16)31-25(36)33-7-6-17(34)13-33/h4-5,8-12,17,34H,3,6-7,13H2,1-2H3,(H2,26,30,32,35)(H,28,29,31,36)/t17-/m1/s1. The number of likely N-dealkylation sites (tertiary alicyclic amines) is 1. The highest BCUT2D eigenvalue weighted by Crippen LogP contribution is 2.38. The Morgan fingerprint density at radius 2 is 1.92 bits per heavy atom. The van der Waals surface area contributed by atoms with Crippen LogP contribution in [-0.4, -0.2) is 67.7 Å². The summed E-state index contributed by atoms with van der Waals surface area (Å²) in [7, 11) is 0. The summed E-state index contributed by atoms with van der Waals surface area (Å²) in [5.74, 6) is 0.179. The average Bonchev–Trinajstić information content (AvgIpc) is 3.50. The minimum Gasteiger partial charge on any atom is -0.391 e. The zero-order valence-corrected chi connectivity index (χ0v) is 21.2. The summed E-state index contributed by atoms with van der Waals surface area (Å²) in [5, 5.41) is 18.3. The number of carbonyl (C=O) groups excluding carboxylic acids is 2. The van der Waals surface area contributed by atoms with Crippen molar-refractivity contribution in [3.05, 3.63) is 48.4 Å². The van der Waals surface area contributed by atoms with Crippen LogP contribution in [0.3, 0.4) is 0 Å². The number of nitrogens with one attached hydrogen (secondary N) is 3. The number of hydrogen-bond acceptors (Lipinski definition) is 8. The lowest BCUT2D eigenvalue weighted by molar-refractivity contribution is 0.176. The van der Waals surface area contributed by atoms with Gasteiger partial charge >= 0.3 is 12.1 Å². The number of benzene rings is 1. The molecule has 4 N–H and O–H groups in total. The maximum absolute atomic E-state index is 12.4. The number of carbonyl (C=O) groups is 2. The topological polar surface area (TPSA) is 145 Å². The van der Waals surface area contributed by atoms with E-state index in [0.29, 0.717) is 36.7 Å². The van der Waals surface area contributed by atoms with E-state index in [4.69, 9.17) is 0 Å². The van der Waals surface area contributed by atoms with Crippen LogP contribution < -0.4 is 16.0 Å². The Bertz CT molecular complexity index is 1440. The summed E-state index contributed by atoms with van der Waals surface area (Å²) in [6.45, 7) is 5.13. The fourth-order valence-corrected chi connectivity index (χ4v) is 4.98. The Morgan fingerprint density at radius 1 is 1.11 bits per heavy atom. The number of thiazole rings is 1. The predicted octanol–water partition coefficient (Wildman–Crippen LogP) is 3.86. The number of fused-ring (bicyclic) bond motifs is 1. The number of pyridine rings is 1. The van der Waals surface area contributed by atoms with Gasteiger partial charge in [0.25, 0.3) is 0 Å². The van der Waals surface area contributed by atoms with E-state index in [2.05, 4.69) is 35.9 Å². The molecule has 11 nitrogen and oxygen atoms in total. The fraction of sp³-hybridized carbons (Fsp3) is 0.280. The number of nitrogens with zero attached hydrogens (tertiary/aromatic N) is 5. The van der Waals surface area contributed by atoms with Crippen LogP contribution in [0.4, 0.5) is 20.7 Å². The molecule has 12 heteroatoms. The Morgan fingerprint density at radius 3 is 2.59 bits per heavy atom. The highest BCUT2D eigenvalue weighted by Gasteiger charge is 2.25. The second-order valence-electron chi connectivity index (χ2n) is 8.71. The van der Waals surface area contributed by atoms with Crippen molar-refractivity contribution < 1.29 is 14.7 Å². The number of amides is 4. The summed E-state index contributed by atoms with van der Waals surface area (Å²) < 4.78 is 0.893. The van der Waals surface area contributed by atoms with Gasteiger partial charge in [-0.3, -0.25) is 15.6 Å². The zero-order chi connectivity index (χ0) is 25.9. The maximum Gasteiger partial charge on any atom is 0.324 e. The molecule has 0 spiro atoms. The van der Waals surface area contributed by atoms with E-state index in [0.717, 1.165) is 32.6 Å². The van der Waals surface area contributed by atoms with Crippen LogP contribution in [0, 0.1) is 6.92 Å². The third kappa shape index (κ3) is 5.49. The molecule has 1 aliphatic rings. The van der Waals surface area contributed by atoms with Gasteiger partial charge in [0.2, 0.25) is 5.95 Å². The van der Waals surface area contributed by atoms with Crippen LogP contribution in [0.1, 0.15) is 18.9 Å². The minimum absolute atomic E-state index is 0.179. The first kappa shape index (κ1) is 24.5. The van der Waals surface area contributed by atoms with Crippen molar-refractivity contribution in [1.29, 1.82) is 0 Å². The van der Waals surface area contributed by atoms with Gasteiger partial charge in [-0.1, -0.05) is 17.4 Å². The van der Waals surface area contributed by atoms with Crippen LogP contribution in [0.15, 0.2) is 42.9 Å². The third-order valence-corrected chi connectivity index (χ3v) is 6.91. The number of anilines is 2. The van der Waals surface area contributed by atoms with Crippen molar-refractivity contribution in [1.82, 2.24) is 30.2 Å². The zero-order valence-electron chi connectivity index (χ0n) is 20.4. The summed E-state index contributed by atoms with van der Waals surface area (Å²) >= 11 is 1.38. The summed E-state index contributed by atoms with van der Waals surface area (Å²) in [6.07, 6.45) is 5.14. The smallest absolute Gasteiger partial charge is 0.324 e. The molecule has 37 heavy (non-hydrogen) atoms. The number of hydrogen-bond donors (Lipinski definition) is 4.